The summed E-state index contributed by atoms with van der Waals surface area (Å²) < 4.78 is 1.90. The number of pyridine rings is 1. The molecule has 0 unspecified atom stereocenters. The van der Waals surface area contributed by atoms with E-state index >= 15 is 0 Å². The zero-order valence-corrected chi connectivity index (χ0v) is 19.0. The van der Waals surface area contributed by atoms with Gasteiger partial charge < -0.3 is 0 Å². The Labute approximate surface area is 180 Å². The number of rotatable bonds is 11. The molecule has 1 aromatic rings. The number of ketones is 2. The van der Waals surface area contributed by atoms with E-state index < -0.39 is 0 Å². The van der Waals surface area contributed by atoms with Crippen molar-refractivity contribution in [1.82, 2.24) is 0 Å². The van der Waals surface area contributed by atoms with E-state index in [0.29, 0.717) is 13.1 Å². The number of hydrogen-bond donors (Lipinski definition) is 1. The van der Waals surface area contributed by atoms with E-state index in [2.05, 4.69) is 46.9 Å². The van der Waals surface area contributed by atoms with Gasteiger partial charge in [-0.2, -0.15) is 4.57 Å². The van der Waals surface area contributed by atoms with Gasteiger partial charge in [-0.25, -0.2) is 4.99 Å². The van der Waals surface area contributed by atoms with Gasteiger partial charge >= 0.3 is 0 Å². The second-order valence-electron chi connectivity index (χ2n) is 5.98. The van der Waals surface area contributed by atoms with Crippen LogP contribution in [0, 0.1) is 0 Å². The molecule has 0 amide bonds. The average molecular weight is 429 g/mol. The van der Waals surface area contributed by atoms with Crippen molar-refractivity contribution in [3.05, 3.63) is 54.4 Å². The van der Waals surface area contributed by atoms with Crippen LogP contribution in [-0.2, 0) is 22.6 Å². The number of unbranched alkanes of at least 4 members (excludes halogenated alkanes) is 1. The van der Waals surface area contributed by atoms with E-state index in [0.717, 1.165) is 25.7 Å². The molecule has 1 N–H and O–H groups in total. The third-order valence-electron chi connectivity index (χ3n) is 3.57. The molecule has 4 nitrogen and oxygen atoms in total. The lowest BCUT2D eigenvalue weighted by Crippen LogP contribution is -2.70. The molecule has 0 aliphatic heterocycles. The van der Waals surface area contributed by atoms with Gasteiger partial charge in [-0.1, -0.05) is 12.7 Å². The fraction of sp³-hybridized carbons (Fsp3) is 0.455. The van der Waals surface area contributed by atoms with Crippen LogP contribution in [0.25, 0.3) is 0 Å². The normalized spacial score (nSPS) is 10.4. The Morgan fingerprint density at radius 3 is 2.18 bits per heavy atom. The predicted octanol–water partition coefficient (Wildman–Crippen LogP) is 2.84. The number of carbonyl (C=O) groups excluding carboxylic acids is 2. The minimum atomic E-state index is 0.118. The van der Waals surface area contributed by atoms with Crippen LogP contribution >= 0.6 is 23.2 Å². The SMILES string of the molecule is C=C/C(=C\C=[NH+]CC(C)=O)CCCCc1cc[n+](CC(C)=O)cc1.CCl.CCl. The molecule has 0 saturated heterocycles. The number of carbonyl (C=O) groups is 2. The Morgan fingerprint density at radius 2 is 1.68 bits per heavy atom. The molecule has 0 spiro atoms. The van der Waals surface area contributed by atoms with Crippen molar-refractivity contribution in [1.29, 1.82) is 0 Å². The van der Waals surface area contributed by atoms with E-state index in [1.807, 2.05) is 35.3 Å². The second-order valence-corrected chi connectivity index (χ2v) is 5.98. The van der Waals surface area contributed by atoms with E-state index in [1.165, 1.54) is 23.9 Å². The highest BCUT2D eigenvalue weighted by atomic mass is 35.5. The van der Waals surface area contributed by atoms with Crippen molar-refractivity contribution in [2.75, 3.05) is 19.3 Å². The zero-order valence-electron chi connectivity index (χ0n) is 17.5. The first-order valence-electron chi connectivity index (χ1n) is 9.12. The predicted molar refractivity (Wildman–Crippen MR) is 119 cm³/mol. The molecule has 1 rings (SSSR count). The van der Waals surface area contributed by atoms with Gasteiger partial charge in [0.15, 0.2) is 36.7 Å². The van der Waals surface area contributed by atoms with Crippen LogP contribution in [0.2, 0.25) is 0 Å². The minimum absolute atomic E-state index is 0.118. The topological polar surface area (TPSA) is 52.0 Å². The van der Waals surface area contributed by atoms with Gasteiger partial charge in [0, 0.05) is 44.8 Å². The molecular formula is C22H34Cl2N2O2+2. The van der Waals surface area contributed by atoms with Gasteiger partial charge in [0.2, 0.25) is 6.54 Å². The minimum Gasteiger partial charge on any atom is -0.293 e. The number of aromatic nitrogens is 1. The summed E-state index contributed by atoms with van der Waals surface area (Å²) in [6.45, 7) is 7.78. The Kier molecular flexibility index (Phi) is 20.3. The molecule has 1 aromatic heterocycles. The van der Waals surface area contributed by atoms with Crippen LogP contribution in [0.15, 0.2) is 48.8 Å². The molecule has 0 aliphatic carbocycles. The molecule has 0 aromatic carbocycles. The molecule has 0 radical (unpaired) electrons. The molecule has 0 atom stereocenters. The summed E-state index contributed by atoms with van der Waals surface area (Å²) >= 11 is 9.28. The first kappa shape index (κ1) is 28.4. The standard InChI is InChI=1S/C20H27N2O2.2CH3Cl/c1-4-19(9-12-21-15-17(2)23)7-5-6-8-20-10-13-22(14-11-20)16-18(3)24;2*1-2/h4,9-14H,1,5-8,15-16H2,2-3H3;2*1H3/q+1;;/p+1/b19-9+,21-12?;;. The summed E-state index contributed by atoms with van der Waals surface area (Å²) in [4.78, 5) is 24.9. The van der Waals surface area contributed by atoms with Gasteiger partial charge in [0.05, 0.1) is 0 Å². The highest BCUT2D eigenvalue weighted by Crippen LogP contribution is 2.10. The van der Waals surface area contributed by atoms with Crippen LogP contribution < -0.4 is 9.56 Å². The smallest absolute Gasteiger partial charge is 0.206 e. The Hall–Kier alpha value is -1.78. The first-order chi connectivity index (χ1) is 13.5. The molecule has 0 saturated carbocycles. The van der Waals surface area contributed by atoms with Crippen molar-refractivity contribution in [2.24, 2.45) is 0 Å². The van der Waals surface area contributed by atoms with Gasteiger partial charge in [-0.05, 0) is 36.8 Å². The van der Waals surface area contributed by atoms with Crippen molar-refractivity contribution < 1.29 is 19.1 Å². The zero-order chi connectivity index (χ0) is 21.8. The maximum absolute atomic E-state index is 11.1. The Balaban J connectivity index is 0. The number of nitrogens with one attached hydrogen (secondary N) is 1. The number of aryl methyl sites for hydroxylation is 1. The van der Waals surface area contributed by atoms with E-state index in [-0.39, 0.29) is 11.6 Å². The van der Waals surface area contributed by atoms with E-state index in [1.54, 1.807) is 13.8 Å². The highest BCUT2D eigenvalue weighted by Gasteiger charge is 2.04. The van der Waals surface area contributed by atoms with Crippen molar-refractivity contribution in [2.45, 2.75) is 46.1 Å². The highest BCUT2D eigenvalue weighted by molar-refractivity contribution is 6.15. The number of allylic oxidation sites excluding steroid dienone is 3. The van der Waals surface area contributed by atoms with Crippen LogP contribution in [0.1, 0.15) is 38.7 Å². The van der Waals surface area contributed by atoms with Crippen molar-refractivity contribution in [3.63, 3.8) is 0 Å². The monoisotopic (exact) mass is 428 g/mol. The third-order valence-corrected chi connectivity index (χ3v) is 3.57. The van der Waals surface area contributed by atoms with E-state index in [9.17, 15) is 9.59 Å². The van der Waals surface area contributed by atoms with Crippen LogP contribution in [0.3, 0.4) is 0 Å². The molecule has 6 heteroatoms. The molecule has 0 bridgehead atoms. The number of Topliss-reactive ketones (excluding diaryl/α,β-unsaturated/α-hetero) is 2. The lowest BCUT2D eigenvalue weighted by Gasteiger charge is -2.02. The Morgan fingerprint density at radius 1 is 1.07 bits per heavy atom. The van der Waals surface area contributed by atoms with Gasteiger partial charge in [-0.15, -0.1) is 23.2 Å². The molecular weight excluding hydrogens is 395 g/mol. The molecule has 0 fully saturated rings. The number of alkyl halides is 2. The Bertz CT molecular complexity index is 624. The summed E-state index contributed by atoms with van der Waals surface area (Å²) in [7, 11) is 0. The lowest BCUT2D eigenvalue weighted by molar-refractivity contribution is -0.684. The van der Waals surface area contributed by atoms with E-state index in [4.69, 9.17) is 0 Å². The maximum atomic E-state index is 11.1. The number of hydrogen-bond acceptors (Lipinski definition) is 2. The molecule has 1 heterocycles. The molecule has 28 heavy (non-hydrogen) atoms. The quantitative estimate of drug-likeness (QED) is 0.193. The van der Waals surface area contributed by atoms with Gasteiger partial charge in [0.1, 0.15) is 0 Å². The van der Waals surface area contributed by atoms with Crippen LogP contribution in [-0.4, -0.2) is 37.1 Å². The molecule has 156 valence electrons. The summed E-state index contributed by atoms with van der Waals surface area (Å²) in [6.07, 6.45) is 16.7. The van der Waals surface area contributed by atoms with Crippen molar-refractivity contribution >= 4 is 41.0 Å². The van der Waals surface area contributed by atoms with Crippen LogP contribution in [0.5, 0.6) is 0 Å². The fourth-order valence-corrected chi connectivity index (χ4v) is 2.30. The number of nitrogens with zero attached hydrogens (tertiary/aromatic N) is 1. The van der Waals surface area contributed by atoms with Gasteiger partial charge in [-0.3, -0.25) is 9.59 Å². The van der Waals surface area contributed by atoms with Crippen LogP contribution in [0.4, 0.5) is 0 Å². The maximum Gasteiger partial charge on any atom is 0.206 e. The van der Waals surface area contributed by atoms with Gasteiger partial charge in [0.25, 0.3) is 0 Å². The average Bonchev–Trinajstić information content (AvgIpc) is 2.70. The summed E-state index contributed by atoms with van der Waals surface area (Å²) in [5.41, 5.74) is 2.45. The summed E-state index contributed by atoms with van der Waals surface area (Å²) in [5, 5.41) is 0. The largest absolute Gasteiger partial charge is 0.293 e. The second kappa shape index (κ2) is 20.0. The fourth-order valence-electron chi connectivity index (χ4n) is 2.30. The summed E-state index contributed by atoms with van der Waals surface area (Å²) in [6, 6.07) is 4.15. The third kappa shape index (κ3) is 16.4. The van der Waals surface area contributed by atoms with Crippen molar-refractivity contribution in [3.8, 4) is 0 Å². The summed E-state index contributed by atoms with van der Waals surface area (Å²) in [5.74, 6) is 0.276. The number of halogens is 2. The lowest BCUT2D eigenvalue weighted by atomic mass is 10.0. The first-order valence-corrected chi connectivity index (χ1v) is 10.6. The molecule has 0 aliphatic rings.